The van der Waals surface area contributed by atoms with E-state index in [1.165, 1.54) is 6.92 Å². The van der Waals surface area contributed by atoms with Crippen LogP contribution in [0.15, 0.2) is 88.7 Å². The smallest absolute Gasteiger partial charge is 0.374 e. The molecule has 2 N–H and O–H groups in total. The summed E-state index contributed by atoms with van der Waals surface area (Å²) < 4.78 is 79.4. The van der Waals surface area contributed by atoms with Gasteiger partial charge in [-0.2, -0.15) is 21.4 Å². The number of hydrogen-bond donors (Lipinski definition) is 2. The van der Waals surface area contributed by atoms with Crippen LogP contribution in [-0.2, 0) is 26.8 Å². The van der Waals surface area contributed by atoms with E-state index in [2.05, 4.69) is 0 Å². The van der Waals surface area contributed by atoms with Gasteiger partial charge in [-0.15, -0.1) is 0 Å². The number of halogens is 1. The molecule has 10 nitrogen and oxygen atoms in total. The molecule has 0 aliphatic carbocycles. The molecule has 1 atom stereocenters. The summed E-state index contributed by atoms with van der Waals surface area (Å²) in [5.41, 5.74) is 4.78. The van der Waals surface area contributed by atoms with E-state index in [9.17, 15) is 25.9 Å². The minimum atomic E-state index is -4.22. The summed E-state index contributed by atoms with van der Waals surface area (Å²) in [5, 5.41) is -0.498. The first-order valence-corrected chi connectivity index (χ1v) is 17.9. The van der Waals surface area contributed by atoms with Crippen molar-refractivity contribution in [3.63, 3.8) is 0 Å². The summed E-state index contributed by atoms with van der Waals surface area (Å²) in [4.78, 5) is 1.89. The van der Waals surface area contributed by atoms with E-state index in [0.717, 1.165) is 22.4 Å². The number of benzene rings is 3. The maximum atomic E-state index is 11.8. The SMILES string of the molecule is CCC(=Cc1oc2cc(Cl)ccc2[n+]1CCCS(=O)(=O)O)C=C1Oc2ccc(-c3ccccc3)cc2N1CCC(C)S(=O)(=O)O. The molecule has 1 aromatic heterocycles. The van der Waals surface area contributed by atoms with Gasteiger partial charge >= 0.3 is 5.89 Å². The second kappa shape index (κ2) is 13.4. The number of anilines is 1. The van der Waals surface area contributed by atoms with Crippen molar-refractivity contribution in [2.24, 2.45) is 0 Å². The van der Waals surface area contributed by atoms with Crippen molar-refractivity contribution in [1.82, 2.24) is 0 Å². The van der Waals surface area contributed by atoms with Gasteiger partial charge < -0.3 is 14.1 Å². The van der Waals surface area contributed by atoms with Crippen LogP contribution < -0.4 is 14.2 Å². The van der Waals surface area contributed by atoms with E-state index < -0.39 is 31.2 Å². The van der Waals surface area contributed by atoms with E-state index in [-0.39, 0.29) is 25.9 Å². The molecule has 1 unspecified atom stereocenters. The first kappa shape index (κ1) is 32.7. The predicted octanol–water partition coefficient (Wildman–Crippen LogP) is 6.52. The highest BCUT2D eigenvalue weighted by Gasteiger charge is 2.29. The van der Waals surface area contributed by atoms with Gasteiger partial charge in [0.05, 0.1) is 22.8 Å². The lowest BCUT2D eigenvalue weighted by molar-refractivity contribution is -0.677. The van der Waals surface area contributed by atoms with Gasteiger partial charge in [-0.05, 0) is 54.7 Å². The van der Waals surface area contributed by atoms with Crippen LogP contribution in [0.3, 0.4) is 0 Å². The van der Waals surface area contributed by atoms with E-state index in [1.54, 1.807) is 18.2 Å². The van der Waals surface area contributed by atoms with Crippen molar-refractivity contribution < 1.29 is 39.7 Å². The van der Waals surface area contributed by atoms with Crippen molar-refractivity contribution in [1.29, 1.82) is 0 Å². The normalized spacial score (nSPS) is 15.4. The Kier molecular flexibility index (Phi) is 9.71. The third-order valence-electron chi connectivity index (χ3n) is 7.61. The quantitative estimate of drug-likeness (QED) is 0.127. The Morgan fingerprint density at radius 1 is 1.02 bits per heavy atom. The second-order valence-corrected chi connectivity index (χ2v) is 14.7. The third kappa shape index (κ3) is 7.95. The zero-order chi connectivity index (χ0) is 32.4. The molecule has 238 valence electrons. The molecule has 0 saturated heterocycles. The van der Waals surface area contributed by atoms with E-state index >= 15 is 0 Å². The summed E-state index contributed by atoms with van der Waals surface area (Å²) in [6.45, 7) is 3.94. The minimum absolute atomic E-state index is 0.151. The fraction of sp³-hybridized carbons (Fsp3) is 0.281. The first-order valence-electron chi connectivity index (χ1n) is 14.4. The Hall–Kier alpha value is -3.68. The van der Waals surface area contributed by atoms with Crippen molar-refractivity contribution in [3.8, 4) is 16.9 Å². The van der Waals surface area contributed by atoms with Gasteiger partial charge in [-0.3, -0.25) is 9.11 Å². The molecule has 1 aliphatic rings. The predicted molar refractivity (Wildman–Crippen MR) is 174 cm³/mol. The van der Waals surface area contributed by atoms with Crippen LogP contribution in [0, 0.1) is 0 Å². The van der Waals surface area contributed by atoms with Crippen LogP contribution in [0.25, 0.3) is 28.3 Å². The highest BCUT2D eigenvalue weighted by Crippen LogP contribution is 2.42. The molecule has 0 fully saturated rings. The number of allylic oxidation sites excluding steroid dienone is 2. The van der Waals surface area contributed by atoms with Gasteiger partial charge in [0.1, 0.15) is 0 Å². The van der Waals surface area contributed by atoms with Gasteiger partial charge in [0.2, 0.25) is 11.5 Å². The maximum absolute atomic E-state index is 11.8. The molecule has 3 aromatic carbocycles. The Bertz CT molecular complexity index is 1990. The number of ether oxygens (including phenoxy) is 1. The van der Waals surface area contributed by atoms with Crippen LogP contribution in [-0.4, -0.2) is 43.5 Å². The molecule has 0 bridgehead atoms. The summed E-state index contributed by atoms with van der Waals surface area (Å²) in [6, 6.07) is 20.9. The van der Waals surface area contributed by atoms with Crippen LogP contribution in [0.5, 0.6) is 5.75 Å². The van der Waals surface area contributed by atoms with Crippen LogP contribution in [0.2, 0.25) is 5.02 Å². The van der Waals surface area contributed by atoms with Crippen LogP contribution in [0.4, 0.5) is 5.69 Å². The average Bonchev–Trinajstić information content (AvgIpc) is 3.50. The molecule has 0 saturated carbocycles. The van der Waals surface area contributed by atoms with Gasteiger partial charge in [-0.1, -0.05) is 54.9 Å². The maximum Gasteiger partial charge on any atom is 0.374 e. The van der Waals surface area contributed by atoms with E-state index in [1.807, 2.05) is 77.1 Å². The molecule has 0 amide bonds. The molecule has 4 aromatic rings. The molecule has 1 aliphatic heterocycles. The topological polar surface area (TPSA) is 138 Å². The molecule has 0 spiro atoms. The van der Waals surface area contributed by atoms with Crippen molar-refractivity contribution >= 4 is 54.7 Å². The summed E-state index contributed by atoms with van der Waals surface area (Å²) >= 11 is 6.20. The third-order valence-corrected chi connectivity index (χ3v) is 9.90. The summed E-state index contributed by atoms with van der Waals surface area (Å²) in [6.07, 6.45) is 4.55. The average molecular weight is 674 g/mol. The molecule has 13 heteroatoms. The van der Waals surface area contributed by atoms with Gasteiger partial charge in [0.15, 0.2) is 12.3 Å². The molecular weight excluding hydrogens is 640 g/mol. The van der Waals surface area contributed by atoms with Crippen molar-refractivity contribution in [2.75, 3.05) is 17.2 Å². The fourth-order valence-corrected chi connectivity index (χ4v) is 6.15. The van der Waals surface area contributed by atoms with Crippen molar-refractivity contribution in [3.05, 3.63) is 95.2 Å². The standard InChI is InChI=1S/C32H33ClN2O8S2/c1-3-23(18-31-34(15-7-17-44(36,37)38)27-12-11-26(33)21-30(27)43-31)19-32-35(16-14-22(2)45(39,40)41)28-20-25(10-13-29(28)42-32)24-8-5-4-6-9-24/h4-6,8-13,18-22H,3,7,14-17H2,1-2H3,(H-,36,37,38,39,40,41)/p+1. The number of fused-ring (bicyclic) bond motifs is 2. The number of hydrogen-bond acceptors (Lipinski definition) is 7. The van der Waals surface area contributed by atoms with Gasteiger partial charge in [-0.25, -0.2) is 0 Å². The molecule has 45 heavy (non-hydrogen) atoms. The van der Waals surface area contributed by atoms with Gasteiger partial charge in [0, 0.05) is 36.2 Å². The highest BCUT2D eigenvalue weighted by molar-refractivity contribution is 7.86. The Morgan fingerprint density at radius 2 is 1.78 bits per heavy atom. The minimum Gasteiger partial charge on any atom is -0.439 e. The lowest BCUT2D eigenvalue weighted by Crippen LogP contribution is -2.36. The zero-order valence-corrected chi connectivity index (χ0v) is 27.1. The monoisotopic (exact) mass is 673 g/mol. The lowest BCUT2D eigenvalue weighted by atomic mass is 10.0. The fourth-order valence-electron chi connectivity index (χ4n) is 5.09. The highest BCUT2D eigenvalue weighted by atomic mass is 35.5. The number of aromatic nitrogens is 1. The van der Waals surface area contributed by atoms with Gasteiger partial charge in [0.25, 0.3) is 25.8 Å². The Balaban J connectivity index is 1.54. The molecule has 0 radical (unpaired) electrons. The van der Waals surface area contributed by atoms with Crippen LogP contribution in [0.1, 0.15) is 39.0 Å². The number of nitrogens with zero attached hydrogens (tertiary/aromatic N) is 2. The Morgan fingerprint density at radius 3 is 2.47 bits per heavy atom. The number of aryl methyl sites for hydroxylation is 1. The van der Waals surface area contributed by atoms with Crippen LogP contribution >= 0.6 is 11.6 Å². The number of oxazole rings is 1. The number of rotatable bonds is 12. The lowest BCUT2D eigenvalue weighted by Gasteiger charge is -2.20. The molecule has 5 rings (SSSR count). The van der Waals surface area contributed by atoms with Crippen molar-refractivity contribution in [2.45, 2.75) is 44.9 Å². The summed E-state index contributed by atoms with van der Waals surface area (Å²) in [7, 11) is -8.36. The Labute approximate surface area is 267 Å². The summed E-state index contributed by atoms with van der Waals surface area (Å²) in [5.74, 6) is 1.13. The molecular formula is C32H34ClN2O8S2+. The van der Waals surface area contributed by atoms with E-state index in [4.69, 9.17) is 20.8 Å². The van der Waals surface area contributed by atoms with E-state index in [0.29, 0.717) is 40.1 Å². The second-order valence-electron chi connectivity index (χ2n) is 10.8. The zero-order valence-electron chi connectivity index (χ0n) is 24.8. The largest absolute Gasteiger partial charge is 0.439 e. The molecule has 2 heterocycles. The first-order chi connectivity index (χ1) is 21.3.